The zero-order chi connectivity index (χ0) is 53.3. The molecule has 3 aliphatic rings. The van der Waals surface area contributed by atoms with Crippen molar-refractivity contribution in [3.8, 4) is 28.7 Å². The largest absolute Gasteiger partial charge is 0.573 e. The molecule has 7 aromatic rings. The van der Waals surface area contributed by atoms with Crippen LogP contribution in [0.15, 0.2) is 102 Å². The summed E-state index contributed by atoms with van der Waals surface area (Å²) in [4.78, 5) is 89.5. The van der Waals surface area contributed by atoms with Gasteiger partial charge in [-0.2, -0.15) is 0 Å². The minimum absolute atomic E-state index is 0.0511. The number of fused-ring (bicyclic) bond motifs is 3. The smallest absolute Gasteiger partial charge is 0.406 e. The van der Waals surface area contributed by atoms with Crippen LogP contribution in [0, 0.1) is 17.8 Å². The summed E-state index contributed by atoms with van der Waals surface area (Å²) in [6.07, 6.45) is 2.33. The van der Waals surface area contributed by atoms with Gasteiger partial charge in [-0.3, -0.25) is 38.4 Å². The zero-order valence-electron chi connectivity index (χ0n) is 41.5. The van der Waals surface area contributed by atoms with Crippen LogP contribution >= 0.6 is 0 Å². The highest BCUT2D eigenvalue weighted by molar-refractivity contribution is 6.02. The van der Waals surface area contributed by atoms with Gasteiger partial charge in [0.1, 0.15) is 29.6 Å². The lowest BCUT2D eigenvalue weighted by atomic mass is 9.96. The van der Waals surface area contributed by atoms with Crippen molar-refractivity contribution in [1.82, 2.24) is 39.2 Å². The third kappa shape index (κ3) is 10.9. The number of hydrogen-bond donors (Lipinski definition) is 3. The van der Waals surface area contributed by atoms with Crippen molar-refractivity contribution in [2.24, 2.45) is 13.0 Å². The molecule has 4 N–H and O–H groups in total. The monoisotopic (exact) mass is 1030 g/mol. The Labute approximate surface area is 433 Å². The summed E-state index contributed by atoms with van der Waals surface area (Å²) in [5.41, 5.74) is 13.9. The van der Waals surface area contributed by atoms with Crippen molar-refractivity contribution < 1.29 is 41.9 Å². The van der Waals surface area contributed by atoms with Crippen molar-refractivity contribution in [3.63, 3.8) is 0 Å². The molecule has 390 valence electrons. The zero-order valence-corrected chi connectivity index (χ0v) is 41.5. The van der Waals surface area contributed by atoms with E-state index in [2.05, 4.69) is 37.2 Å². The average Bonchev–Trinajstić information content (AvgIpc) is 4.08. The number of nitrogens with zero attached hydrogens (tertiary/aromatic N) is 7. The SMILES string of the molecule is Cn1c(=O)n(C2CCC(=O)NC2=O)c2ccc(CCC(=O)N3CCC(C#Cc4ccc(C(=O)NCCCn5cc(-c6ccc7c(c6)CCN7C(=O)Cc6cccc(OC(F)(F)F)c6)c6c(N)ncnc65)cc4)CC3)cc21. The Balaban J connectivity index is 0.683. The lowest BCUT2D eigenvalue weighted by Crippen LogP contribution is -2.44. The van der Waals surface area contributed by atoms with Crippen molar-refractivity contribution >= 4 is 63.1 Å². The molecule has 17 nitrogen and oxygen atoms in total. The third-order valence-corrected chi connectivity index (χ3v) is 14.3. The Hall–Kier alpha value is -8.73. The van der Waals surface area contributed by atoms with Crippen LogP contribution in [0.5, 0.6) is 5.75 Å². The lowest BCUT2D eigenvalue weighted by Gasteiger charge is -2.30. The molecule has 1 atom stereocenters. The second-order valence-corrected chi connectivity index (χ2v) is 19.3. The van der Waals surface area contributed by atoms with Crippen molar-refractivity contribution in [2.75, 3.05) is 36.8 Å². The summed E-state index contributed by atoms with van der Waals surface area (Å²) in [5.74, 6) is 5.40. The molecular formula is C56H53F3N10O7. The Morgan fingerprint density at radius 2 is 1.68 bits per heavy atom. The first kappa shape index (κ1) is 50.8. The number of carbonyl (C=O) groups is 5. The maximum Gasteiger partial charge on any atom is 0.573 e. The number of likely N-dealkylation sites (tertiary alicyclic amines) is 1. The highest BCUT2D eigenvalue weighted by Gasteiger charge is 2.33. The number of rotatable bonds is 13. The Kier molecular flexibility index (Phi) is 14.2. The summed E-state index contributed by atoms with van der Waals surface area (Å²) in [6.45, 7) is 2.53. The number of halogens is 3. The highest BCUT2D eigenvalue weighted by atomic mass is 19.4. The van der Waals surface area contributed by atoms with E-state index in [4.69, 9.17) is 5.73 Å². The molecule has 0 aliphatic carbocycles. The maximum absolute atomic E-state index is 13.4. The Bertz CT molecular complexity index is 3560. The Morgan fingerprint density at radius 3 is 2.46 bits per heavy atom. The fourth-order valence-corrected chi connectivity index (χ4v) is 10.4. The Morgan fingerprint density at radius 1 is 0.882 bits per heavy atom. The average molecular weight is 1040 g/mol. The van der Waals surface area contributed by atoms with E-state index in [0.717, 1.165) is 46.3 Å². The van der Waals surface area contributed by atoms with Crippen LogP contribution in [-0.2, 0) is 52.0 Å². The molecular weight excluding hydrogens is 982 g/mol. The van der Waals surface area contributed by atoms with Crippen molar-refractivity contribution in [1.29, 1.82) is 0 Å². The normalized spacial score (nSPS) is 15.9. The van der Waals surface area contributed by atoms with Crippen LogP contribution in [0.25, 0.3) is 33.2 Å². The van der Waals surface area contributed by atoms with Crippen LogP contribution in [0.4, 0.5) is 24.7 Å². The first-order valence-electron chi connectivity index (χ1n) is 25.2. The minimum Gasteiger partial charge on any atom is -0.406 e. The van der Waals surface area contributed by atoms with Crippen LogP contribution in [0.1, 0.15) is 77.2 Å². The number of imidazole rings is 1. The number of nitrogens with one attached hydrogen (secondary N) is 2. The number of hydrogen-bond acceptors (Lipinski definition) is 10. The molecule has 10 rings (SSSR count). The number of carbonyl (C=O) groups excluding carboxylic acids is 5. The molecule has 76 heavy (non-hydrogen) atoms. The molecule has 0 radical (unpaired) electrons. The number of aromatic nitrogens is 5. The van der Waals surface area contributed by atoms with Crippen LogP contribution < -0.4 is 31.7 Å². The number of piperidine rings is 2. The number of anilines is 2. The fraction of sp³-hybridized carbons (Fsp3) is 0.321. The van der Waals surface area contributed by atoms with Gasteiger partial charge in [0.15, 0.2) is 0 Å². The van der Waals surface area contributed by atoms with E-state index in [0.29, 0.717) is 97.4 Å². The van der Waals surface area contributed by atoms with Crippen molar-refractivity contribution in [2.45, 2.75) is 76.7 Å². The number of ether oxygens (including phenoxy) is 1. The number of benzene rings is 4. The van der Waals surface area contributed by atoms with Gasteiger partial charge in [-0.05, 0) is 121 Å². The molecule has 4 aromatic carbocycles. The van der Waals surface area contributed by atoms with Gasteiger partial charge in [-0.1, -0.05) is 36.1 Å². The molecule has 3 aliphatic heterocycles. The molecule has 20 heteroatoms. The van der Waals surface area contributed by atoms with E-state index in [9.17, 15) is 41.9 Å². The summed E-state index contributed by atoms with van der Waals surface area (Å²) in [6, 6.07) is 23.1. The van der Waals surface area contributed by atoms with Gasteiger partial charge in [-0.15, -0.1) is 13.2 Å². The molecule has 0 saturated carbocycles. The molecule has 1 unspecified atom stereocenters. The second kappa shape index (κ2) is 21.2. The van der Waals surface area contributed by atoms with E-state index in [-0.39, 0.29) is 60.2 Å². The van der Waals surface area contributed by atoms with Crippen LogP contribution in [0.2, 0.25) is 0 Å². The summed E-state index contributed by atoms with van der Waals surface area (Å²) >= 11 is 0. The van der Waals surface area contributed by atoms with Gasteiger partial charge in [0, 0.05) is 87.1 Å². The van der Waals surface area contributed by atoms with Gasteiger partial charge in [0.25, 0.3) is 5.91 Å². The number of aryl methyl sites for hydroxylation is 3. The van der Waals surface area contributed by atoms with Crippen LogP contribution in [0.3, 0.4) is 0 Å². The van der Waals surface area contributed by atoms with Gasteiger partial charge >= 0.3 is 12.1 Å². The summed E-state index contributed by atoms with van der Waals surface area (Å²) in [5, 5.41) is 6.01. The molecule has 0 spiro atoms. The predicted octanol–water partition coefficient (Wildman–Crippen LogP) is 6.39. The van der Waals surface area contributed by atoms with E-state index < -0.39 is 18.3 Å². The molecule has 2 fully saturated rings. The van der Waals surface area contributed by atoms with Gasteiger partial charge in [0.2, 0.25) is 23.6 Å². The number of imide groups is 1. The predicted molar refractivity (Wildman–Crippen MR) is 277 cm³/mol. The second-order valence-electron chi connectivity index (χ2n) is 19.3. The topological polar surface area (TPSA) is 209 Å². The summed E-state index contributed by atoms with van der Waals surface area (Å²) < 4.78 is 47.3. The minimum atomic E-state index is -4.84. The van der Waals surface area contributed by atoms with Crippen molar-refractivity contribution in [3.05, 3.63) is 136 Å². The van der Waals surface area contributed by atoms with E-state index >= 15 is 0 Å². The highest BCUT2D eigenvalue weighted by Crippen LogP contribution is 2.38. The molecule has 6 heterocycles. The maximum atomic E-state index is 13.4. The van der Waals surface area contributed by atoms with Gasteiger partial charge in [0.05, 0.1) is 22.8 Å². The third-order valence-electron chi connectivity index (χ3n) is 14.3. The quantitative estimate of drug-likeness (QED) is 0.0659. The lowest BCUT2D eigenvalue weighted by molar-refractivity contribution is -0.274. The van der Waals surface area contributed by atoms with E-state index in [1.54, 1.807) is 36.2 Å². The van der Waals surface area contributed by atoms with Gasteiger partial charge < -0.3 is 30.2 Å². The molecule has 5 amide bonds. The standard InChI is InChI=1S/C56H53F3N10O7/c1-65-46-29-36(10-15-44(46)69(55(65)75)45-17-18-47(70)64-54(45)74)11-19-48(71)66-25-20-35(21-26-66)7-6-34-8-12-38(13-9-34)53(73)61-23-3-24-67-32-42(50-51(60)62-33-63-52(50)67)39-14-16-43-40(31-39)22-27-68(43)49(72)30-37-4-2-5-41(28-37)76-56(57,58)59/h2,4-5,8-10,12-16,28-29,31-33,35,45H,3,11,17-27,30H2,1H3,(H,61,73)(H2,60,62,63)(H,64,70,74). The number of nitrogen functional groups attached to an aromatic ring is 1. The number of amides is 5. The number of alkyl halides is 3. The first-order valence-corrected chi connectivity index (χ1v) is 25.2. The van der Waals surface area contributed by atoms with E-state index in [1.165, 1.54) is 33.7 Å². The molecule has 3 aromatic heterocycles. The number of nitrogens with two attached hydrogens (primary N) is 1. The first-order chi connectivity index (χ1) is 36.6. The molecule has 0 bridgehead atoms. The van der Waals surface area contributed by atoms with E-state index in [1.807, 2.05) is 58.1 Å². The van der Waals surface area contributed by atoms with Gasteiger partial charge in [-0.25, -0.2) is 14.8 Å². The molecule has 2 saturated heterocycles. The van der Waals surface area contributed by atoms with Crippen LogP contribution in [-0.4, -0.2) is 90.6 Å². The fourth-order valence-electron chi connectivity index (χ4n) is 10.4. The summed E-state index contributed by atoms with van der Waals surface area (Å²) in [7, 11) is 1.65.